The summed E-state index contributed by atoms with van der Waals surface area (Å²) in [6.07, 6.45) is -0.456. The summed E-state index contributed by atoms with van der Waals surface area (Å²) in [6.45, 7) is 0. The molecule has 1 aromatic rings. The third-order valence-electron chi connectivity index (χ3n) is 2.96. The van der Waals surface area contributed by atoms with E-state index in [0.29, 0.717) is 0 Å². The molecule has 1 aromatic carbocycles. The first-order valence-corrected chi connectivity index (χ1v) is 5.27. The van der Waals surface area contributed by atoms with Gasteiger partial charge in [0.15, 0.2) is 6.23 Å². The molecule has 0 amide bonds. The zero-order valence-corrected chi connectivity index (χ0v) is 9.04. The molecule has 0 bridgehead atoms. The first-order chi connectivity index (χ1) is 8.13. The van der Waals surface area contributed by atoms with E-state index in [1.54, 1.807) is 0 Å². The van der Waals surface area contributed by atoms with Gasteiger partial charge in [0.05, 0.1) is 0 Å². The zero-order valence-electron chi connectivity index (χ0n) is 9.04. The van der Waals surface area contributed by atoms with Crippen LogP contribution in [-0.2, 0) is 9.68 Å². The Morgan fingerprint density at radius 1 is 1.53 bits per heavy atom. The molecule has 0 unspecified atom stereocenters. The Kier molecular flexibility index (Phi) is 3.28. The minimum absolute atomic E-state index is 0.199. The summed E-state index contributed by atoms with van der Waals surface area (Å²) in [7, 11) is 0. The van der Waals surface area contributed by atoms with E-state index in [1.165, 1.54) is 0 Å². The lowest BCUT2D eigenvalue weighted by Gasteiger charge is -2.18. The average molecular weight is 238 g/mol. The van der Waals surface area contributed by atoms with E-state index in [2.05, 4.69) is 10.2 Å². The van der Waals surface area contributed by atoms with Gasteiger partial charge in [-0.2, -0.15) is 0 Å². The van der Waals surface area contributed by atoms with Gasteiger partial charge in [-0.1, -0.05) is 18.2 Å². The van der Waals surface area contributed by atoms with Crippen molar-refractivity contribution < 1.29 is 20.0 Å². The average Bonchev–Trinajstić information content (AvgIpc) is 2.67. The number of fused-ring (bicyclic) bond motifs is 1. The largest absolute Gasteiger partial charge is 0.480 e. The number of carboxylic acids is 1. The number of hydrogen-bond donors (Lipinski definition) is 4. The Balaban J connectivity index is 2.21. The van der Waals surface area contributed by atoms with Crippen molar-refractivity contribution in [2.75, 3.05) is 5.32 Å². The number of nitrogens with two attached hydrogens (primary N) is 1. The van der Waals surface area contributed by atoms with E-state index in [1.807, 2.05) is 24.3 Å². The molecule has 92 valence electrons. The minimum atomic E-state index is -1.06. The van der Waals surface area contributed by atoms with E-state index < -0.39 is 18.2 Å². The molecule has 1 heterocycles. The van der Waals surface area contributed by atoms with Gasteiger partial charge < -0.3 is 16.2 Å². The third kappa shape index (κ3) is 2.23. The Bertz CT molecular complexity index is 424. The molecular weight excluding hydrogens is 224 g/mol. The van der Waals surface area contributed by atoms with Gasteiger partial charge in [-0.3, -0.25) is 4.79 Å². The highest BCUT2D eigenvalue weighted by atomic mass is 17.1. The number of carboxylic acid groups (broad SMARTS) is 1. The van der Waals surface area contributed by atoms with Crippen molar-refractivity contribution in [1.29, 1.82) is 0 Å². The van der Waals surface area contributed by atoms with Crippen LogP contribution in [0.1, 0.15) is 17.9 Å². The quantitative estimate of drug-likeness (QED) is 0.457. The maximum Gasteiger partial charge on any atom is 0.320 e. The molecule has 0 radical (unpaired) electrons. The van der Waals surface area contributed by atoms with Gasteiger partial charge >= 0.3 is 5.97 Å². The summed E-state index contributed by atoms with van der Waals surface area (Å²) in [5, 5.41) is 20.6. The summed E-state index contributed by atoms with van der Waals surface area (Å²) in [6, 6.07) is 6.42. The molecule has 2 rings (SSSR count). The molecule has 0 spiro atoms. The Labute approximate surface area is 97.9 Å². The van der Waals surface area contributed by atoms with E-state index in [-0.39, 0.29) is 12.3 Å². The minimum Gasteiger partial charge on any atom is -0.480 e. The second kappa shape index (κ2) is 4.70. The molecule has 0 aliphatic carbocycles. The molecule has 3 atom stereocenters. The van der Waals surface area contributed by atoms with Crippen LogP contribution in [-0.4, -0.2) is 28.6 Å². The molecule has 1 aliphatic heterocycles. The van der Waals surface area contributed by atoms with Crippen LogP contribution in [0.15, 0.2) is 24.3 Å². The van der Waals surface area contributed by atoms with Crippen LogP contribution in [0.25, 0.3) is 0 Å². The first kappa shape index (κ1) is 11.8. The van der Waals surface area contributed by atoms with E-state index in [4.69, 9.17) is 16.1 Å². The molecule has 5 N–H and O–H groups in total. The van der Waals surface area contributed by atoms with Gasteiger partial charge in [0, 0.05) is 11.6 Å². The topological polar surface area (TPSA) is 105 Å². The van der Waals surface area contributed by atoms with Gasteiger partial charge in [0.25, 0.3) is 0 Å². The van der Waals surface area contributed by atoms with Crippen LogP contribution in [0, 0.1) is 0 Å². The van der Waals surface area contributed by atoms with Crippen LogP contribution in [0.2, 0.25) is 0 Å². The van der Waals surface area contributed by atoms with Crippen molar-refractivity contribution in [2.45, 2.75) is 24.6 Å². The summed E-state index contributed by atoms with van der Waals surface area (Å²) in [5.74, 6) is -1.34. The van der Waals surface area contributed by atoms with Crippen molar-refractivity contribution in [3.05, 3.63) is 29.8 Å². The fourth-order valence-corrected chi connectivity index (χ4v) is 2.09. The summed E-state index contributed by atoms with van der Waals surface area (Å²) < 4.78 is 0. The Hall–Kier alpha value is -1.63. The van der Waals surface area contributed by atoms with Crippen LogP contribution >= 0.6 is 0 Å². The van der Waals surface area contributed by atoms with E-state index >= 15 is 0 Å². The van der Waals surface area contributed by atoms with Crippen LogP contribution < -0.4 is 11.1 Å². The molecule has 0 saturated heterocycles. The van der Waals surface area contributed by atoms with Crippen molar-refractivity contribution in [1.82, 2.24) is 0 Å². The maximum atomic E-state index is 10.7. The lowest BCUT2D eigenvalue weighted by atomic mass is 9.93. The zero-order chi connectivity index (χ0) is 12.4. The number of hydrogen-bond acceptors (Lipinski definition) is 5. The monoisotopic (exact) mass is 238 g/mol. The molecule has 0 aromatic heterocycles. The number of nitrogens with one attached hydrogen (secondary N) is 1. The number of benzene rings is 1. The number of anilines is 1. The molecular formula is C11H14N2O4. The lowest BCUT2D eigenvalue weighted by Crippen LogP contribution is -2.35. The van der Waals surface area contributed by atoms with Crippen LogP contribution in [0.3, 0.4) is 0 Å². The van der Waals surface area contributed by atoms with Crippen molar-refractivity contribution >= 4 is 11.7 Å². The summed E-state index contributed by atoms with van der Waals surface area (Å²) in [4.78, 5) is 15.1. The predicted octanol–water partition coefficient (Wildman–Crippen LogP) is 0.813. The van der Waals surface area contributed by atoms with Gasteiger partial charge in [-0.25, -0.2) is 10.1 Å². The summed E-state index contributed by atoms with van der Waals surface area (Å²) >= 11 is 0. The normalized spacial score (nSPS) is 23.9. The number of carbonyl (C=O) groups is 1. The molecule has 0 saturated carbocycles. The van der Waals surface area contributed by atoms with E-state index in [9.17, 15) is 4.79 Å². The summed E-state index contributed by atoms with van der Waals surface area (Å²) in [5.41, 5.74) is 7.24. The SMILES string of the molecule is N[C@@H](C[C@H]1c2ccccc2N[C@@H]1OO)C(=O)O. The van der Waals surface area contributed by atoms with Crippen LogP contribution in [0.5, 0.6) is 0 Å². The second-order valence-electron chi connectivity index (χ2n) is 4.04. The molecule has 1 aliphatic rings. The standard InChI is InChI=1S/C11H14N2O4/c12-8(11(14)15)5-7-6-3-1-2-4-9(6)13-10(7)17-16/h1-4,7-8,10,13,16H,5,12H2,(H,14,15)/t7-,8-,10+/m0/s1. The smallest absolute Gasteiger partial charge is 0.320 e. The van der Waals surface area contributed by atoms with Gasteiger partial charge in [0.2, 0.25) is 0 Å². The highest BCUT2D eigenvalue weighted by Crippen LogP contribution is 2.38. The van der Waals surface area contributed by atoms with Crippen molar-refractivity contribution in [3.8, 4) is 0 Å². The highest BCUT2D eigenvalue weighted by molar-refractivity contribution is 5.73. The van der Waals surface area contributed by atoms with Gasteiger partial charge in [0.1, 0.15) is 6.04 Å². The molecule has 6 heteroatoms. The number of aliphatic carboxylic acids is 1. The van der Waals surface area contributed by atoms with Crippen molar-refractivity contribution in [3.63, 3.8) is 0 Å². The van der Waals surface area contributed by atoms with Gasteiger partial charge in [-0.15, -0.1) is 0 Å². The Morgan fingerprint density at radius 3 is 2.88 bits per heavy atom. The van der Waals surface area contributed by atoms with Gasteiger partial charge in [-0.05, 0) is 18.1 Å². The molecule has 0 fully saturated rings. The van der Waals surface area contributed by atoms with E-state index in [0.717, 1.165) is 11.3 Å². The fourth-order valence-electron chi connectivity index (χ4n) is 2.09. The number of para-hydroxylation sites is 1. The first-order valence-electron chi connectivity index (χ1n) is 5.27. The third-order valence-corrected chi connectivity index (χ3v) is 2.96. The number of rotatable bonds is 4. The fraction of sp³-hybridized carbons (Fsp3) is 0.364. The lowest BCUT2D eigenvalue weighted by molar-refractivity contribution is -0.274. The van der Waals surface area contributed by atoms with Crippen molar-refractivity contribution in [2.24, 2.45) is 5.73 Å². The molecule has 17 heavy (non-hydrogen) atoms. The predicted molar refractivity (Wildman–Crippen MR) is 60.5 cm³/mol. The molecule has 6 nitrogen and oxygen atoms in total. The Morgan fingerprint density at radius 2 is 2.24 bits per heavy atom. The van der Waals surface area contributed by atoms with Crippen LogP contribution in [0.4, 0.5) is 5.69 Å². The highest BCUT2D eigenvalue weighted by Gasteiger charge is 2.35. The maximum absolute atomic E-state index is 10.7. The second-order valence-corrected chi connectivity index (χ2v) is 4.04.